The Hall–Kier alpha value is -4.80. The van der Waals surface area contributed by atoms with Crippen LogP contribution in [-0.4, -0.2) is 9.97 Å². The van der Waals surface area contributed by atoms with Crippen LogP contribution >= 0.6 is 0 Å². The summed E-state index contributed by atoms with van der Waals surface area (Å²) in [5, 5.41) is 20.0. The summed E-state index contributed by atoms with van der Waals surface area (Å²) in [5.74, 6) is 0.110. The van der Waals surface area contributed by atoms with E-state index in [-0.39, 0.29) is 5.92 Å². The Morgan fingerprint density at radius 2 is 1.60 bits per heavy atom. The minimum Gasteiger partial charge on any atom is -0.264 e. The van der Waals surface area contributed by atoms with Gasteiger partial charge in [-0.1, -0.05) is 42.5 Å². The van der Waals surface area contributed by atoms with E-state index in [1.807, 2.05) is 60.8 Å². The Morgan fingerprint density at radius 1 is 0.743 bits per heavy atom. The molecule has 35 heavy (non-hydrogen) atoms. The summed E-state index contributed by atoms with van der Waals surface area (Å²) in [7, 11) is 0. The number of rotatable bonds is 6. The quantitative estimate of drug-likeness (QED) is 0.285. The maximum Gasteiger partial charge on any atom is 0.0998 e. The molecule has 1 atom stereocenters. The van der Waals surface area contributed by atoms with Gasteiger partial charge < -0.3 is 0 Å². The second-order valence-corrected chi connectivity index (χ2v) is 8.48. The van der Waals surface area contributed by atoms with Gasteiger partial charge in [-0.05, 0) is 77.6 Å². The average Bonchev–Trinajstić information content (AvgIpc) is 2.93. The van der Waals surface area contributed by atoms with Gasteiger partial charge in [-0.25, -0.2) is 0 Å². The highest BCUT2D eigenvalue weighted by atomic mass is 14.6. The molecule has 0 aliphatic carbocycles. The van der Waals surface area contributed by atoms with Crippen LogP contribution in [0.25, 0.3) is 22.0 Å². The zero-order valence-corrected chi connectivity index (χ0v) is 19.1. The van der Waals surface area contributed by atoms with Crippen LogP contribution in [0.3, 0.4) is 0 Å². The number of aryl methyl sites for hydroxylation is 1. The van der Waals surface area contributed by atoms with E-state index >= 15 is 0 Å². The summed E-state index contributed by atoms with van der Waals surface area (Å²) in [6, 6.07) is 32.5. The first kappa shape index (κ1) is 22.0. The predicted octanol–water partition coefficient (Wildman–Crippen LogP) is 6.80. The van der Waals surface area contributed by atoms with Crippen LogP contribution < -0.4 is 0 Å². The van der Waals surface area contributed by atoms with Crippen molar-refractivity contribution in [1.29, 1.82) is 10.5 Å². The molecule has 0 aliphatic rings. The molecule has 0 bridgehead atoms. The third-order valence-electron chi connectivity index (χ3n) is 6.39. The molecule has 0 fully saturated rings. The van der Waals surface area contributed by atoms with E-state index in [4.69, 9.17) is 5.26 Å². The van der Waals surface area contributed by atoms with Crippen molar-refractivity contribution in [1.82, 2.24) is 9.97 Å². The first-order valence-corrected chi connectivity index (χ1v) is 11.5. The molecule has 3 aromatic carbocycles. The van der Waals surface area contributed by atoms with Crippen LogP contribution in [0, 0.1) is 22.7 Å². The van der Waals surface area contributed by atoms with E-state index in [9.17, 15) is 5.26 Å². The first-order chi connectivity index (χ1) is 17.3. The Kier molecular flexibility index (Phi) is 6.29. The minimum atomic E-state index is 0.110. The number of fused-ring (bicyclic) bond motifs is 1. The topological polar surface area (TPSA) is 73.4 Å². The van der Waals surface area contributed by atoms with Gasteiger partial charge in [0.05, 0.1) is 28.8 Å². The fourth-order valence-electron chi connectivity index (χ4n) is 4.60. The van der Waals surface area contributed by atoms with Crippen LogP contribution in [0.1, 0.15) is 40.2 Å². The van der Waals surface area contributed by atoms with Gasteiger partial charge >= 0.3 is 0 Å². The van der Waals surface area contributed by atoms with E-state index in [1.165, 1.54) is 5.56 Å². The monoisotopic (exact) mass is 450 g/mol. The number of hydrogen-bond acceptors (Lipinski definition) is 4. The third kappa shape index (κ3) is 4.64. The lowest BCUT2D eigenvalue weighted by Gasteiger charge is -2.20. The molecule has 0 aliphatic heterocycles. The first-order valence-electron chi connectivity index (χ1n) is 11.5. The lowest BCUT2D eigenvalue weighted by Crippen LogP contribution is -2.05. The number of hydrogen-bond donors (Lipinski definition) is 0. The highest BCUT2D eigenvalue weighted by molar-refractivity contribution is 5.96. The summed E-state index contributed by atoms with van der Waals surface area (Å²) in [4.78, 5) is 8.86. The van der Waals surface area contributed by atoms with Gasteiger partial charge in [0, 0.05) is 35.5 Å². The SMILES string of the molecule is N#Cc1ccc(CCC(c2cccnc2)c2ccc(C#N)c(-c3cccc4ncccc34)c2)cc1. The lowest BCUT2D eigenvalue weighted by molar-refractivity contribution is 0.712. The van der Waals surface area contributed by atoms with Crippen molar-refractivity contribution >= 4 is 10.9 Å². The van der Waals surface area contributed by atoms with Crippen LogP contribution in [-0.2, 0) is 6.42 Å². The fourth-order valence-corrected chi connectivity index (χ4v) is 4.60. The molecule has 166 valence electrons. The van der Waals surface area contributed by atoms with Gasteiger partial charge in [-0.15, -0.1) is 0 Å². The third-order valence-corrected chi connectivity index (χ3v) is 6.39. The van der Waals surface area contributed by atoms with Gasteiger partial charge in [-0.3, -0.25) is 9.97 Å². The molecule has 5 aromatic rings. The van der Waals surface area contributed by atoms with Gasteiger partial charge in [0.15, 0.2) is 0 Å². The highest BCUT2D eigenvalue weighted by Crippen LogP contribution is 2.36. The van der Waals surface area contributed by atoms with Crippen molar-refractivity contribution < 1.29 is 0 Å². The van der Waals surface area contributed by atoms with E-state index in [2.05, 4.69) is 52.4 Å². The van der Waals surface area contributed by atoms with Crippen molar-refractivity contribution in [2.45, 2.75) is 18.8 Å². The van der Waals surface area contributed by atoms with Crippen molar-refractivity contribution in [3.63, 3.8) is 0 Å². The van der Waals surface area contributed by atoms with Crippen LogP contribution in [0.5, 0.6) is 0 Å². The smallest absolute Gasteiger partial charge is 0.0998 e. The number of benzene rings is 3. The molecule has 0 N–H and O–H groups in total. The zero-order chi connectivity index (χ0) is 24.0. The minimum absolute atomic E-state index is 0.110. The molecule has 0 saturated heterocycles. The van der Waals surface area contributed by atoms with Gasteiger partial charge in [0.2, 0.25) is 0 Å². The largest absolute Gasteiger partial charge is 0.264 e. The number of nitriles is 2. The molecule has 4 heteroatoms. The molecular weight excluding hydrogens is 428 g/mol. The van der Waals surface area contributed by atoms with Crippen molar-refractivity contribution in [2.24, 2.45) is 0 Å². The van der Waals surface area contributed by atoms with E-state index in [1.54, 1.807) is 12.4 Å². The van der Waals surface area contributed by atoms with Gasteiger partial charge in [-0.2, -0.15) is 10.5 Å². The van der Waals surface area contributed by atoms with E-state index in [0.29, 0.717) is 11.1 Å². The normalized spacial score (nSPS) is 11.5. The van der Waals surface area contributed by atoms with Gasteiger partial charge in [0.1, 0.15) is 0 Å². The van der Waals surface area contributed by atoms with Crippen molar-refractivity contribution in [3.05, 3.63) is 131 Å². The molecule has 4 nitrogen and oxygen atoms in total. The average molecular weight is 451 g/mol. The maximum absolute atomic E-state index is 9.89. The molecule has 2 heterocycles. The number of aromatic nitrogens is 2. The second-order valence-electron chi connectivity index (χ2n) is 8.48. The lowest BCUT2D eigenvalue weighted by atomic mass is 9.84. The summed E-state index contributed by atoms with van der Waals surface area (Å²) >= 11 is 0. The summed E-state index contributed by atoms with van der Waals surface area (Å²) in [5.41, 5.74) is 7.59. The molecule has 2 aromatic heterocycles. The maximum atomic E-state index is 9.89. The molecule has 5 rings (SSSR count). The Balaban J connectivity index is 1.57. The summed E-state index contributed by atoms with van der Waals surface area (Å²) in [6.45, 7) is 0. The molecule has 0 radical (unpaired) electrons. The van der Waals surface area contributed by atoms with E-state index < -0.39 is 0 Å². The van der Waals surface area contributed by atoms with Crippen LogP contribution in [0.4, 0.5) is 0 Å². The molecule has 0 saturated carbocycles. The summed E-state index contributed by atoms with van der Waals surface area (Å²) in [6.07, 6.45) is 7.23. The van der Waals surface area contributed by atoms with Crippen molar-refractivity contribution in [2.75, 3.05) is 0 Å². The Bertz CT molecular complexity index is 1550. The Morgan fingerprint density at radius 3 is 2.37 bits per heavy atom. The number of nitrogens with zero attached hydrogens (tertiary/aromatic N) is 4. The van der Waals surface area contributed by atoms with Crippen LogP contribution in [0.2, 0.25) is 0 Å². The molecule has 0 amide bonds. The second kappa shape index (κ2) is 10.00. The van der Waals surface area contributed by atoms with Crippen molar-refractivity contribution in [3.8, 4) is 23.3 Å². The fraction of sp³-hybridized carbons (Fsp3) is 0.0968. The van der Waals surface area contributed by atoms with Gasteiger partial charge in [0.25, 0.3) is 0 Å². The predicted molar refractivity (Wildman–Crippen MR) is 137 cm³/mol. The molecule has 0 spiro atoms. The van der Waals surface area contributed by atoms with Crippen LogP contribution in [0.15, 0.2) is 104 Å². The highest BCUT2D eigenvalue weighted by Gasteiger charge is 2.18. The Labute approximate surface area is 204 Å². The zero-order valence-electron chi connectivity index (χ0n) is 19.1. The van der Waals surface area contributed by atoms with E-state index in [0.717, 1.165) is 46.0 Å². The standard InChI is InChI=1S/C31H22N4/c32-19-23-10-8-22(9-11-23)12-15-27(26-4-2-16-34-21-26)24-13-14-25(20-33)30(18-24)28-5-1-7-31-29(28)6-3-17-35-31/h1-11,13-14,16-18,21,27H,12,15H2. The number of pyridine rings is 2. The molecule has 1 unspecified atom stereocenters. The molecular formula is C31H22N4. The summed E-state index contributed by atoms with van der Waals surface area (Å²) < 4.78 is 0.